The Labute approximate surface area is 195 Å². The van der Waals surface area contributed by atoms with Crippen LogP contribution in [0.15, 0.2) is 24.3 Å². The molecule has 1 aliphatic rings. The fraction of sp³-hybridized carbons (Fsp3) is 0.391. The minimum atomic E-state index is -0.636. The summed E-state index contributed by atoms with van der Waals surface area (Å²) >= 11 is 1.29. The maximum Gasteiger partial charge on any atom is 0.263 e. The summed E-state index contributed by atoms with van der Waals surface area (Å²) in [6.07, 6.45) is 1.03. The normalized spacial score (nSPS) is 15.2. The smallest absolute Gasteiger partial charge is 0.263 e. The van der Waals surface area contributed by atoms with Crippen molar-refractivity contribution in [3.63, 3.8) is 0 Å². The highest BCUT2D eigenvalue weighted by atomic mass is 32.1. The number of fused-ring (bicyclic) bond motifs is 1. The van der Waals surface area contributed by atoms with Crippen molar-refractivity contribution in [2.75, 3.05) is 39.1 Å². The number of carbonyl (C=O) groups excluding carboxylic acids is 1. The largest absolute Gasteiger partial charge is 0.494 e. The number of aryl methyl sites for hydroxylation is 1. The van der Waals surface area contributed by atoms with E-state index in [0.717, 1.165) is 47.6 Å². The molecule has 1 fully saturated rings. The zero-order valence-corrected chi connectivity index (χ0v) is 19.6. The molecule has 1 amide bonds. The van der Waals surface area contributed by atoms with Crippen LogP contribution in [0.4, 0.5) is 14.5 Å². The van der Waals surface area contributed by atoms with E-state index in [0.29, 0.717) is 10.6 Å². The van der Waals surface area contributed by atoms with Gasteiger partial charge in [-0.25, -0.2) is 13.8 Å². The molecule has 0 radical (unpaired) electrons. The zero-order valence-electron chi connectivity index (χ0n) is 18.8. The van der Waals surface area contributed by atoms with Gasteiger partial charge in [-0.1, -0.05) is 0 Å². The van der Waals surface area contributed by atoms with Gasteiger partial charge in [0.15, 0.2) is 11.6 Å². The number of hydrogen-bond acceptors (Lipinski definition) is 7. The van der Waals surface area contributed by atoms with Gasteiger partial charge < -0.3 is 25.8 Å². The number of aliphatic hydroxyl groups is 1. The lowest BCUT2D eigenvalue weighted by Crippen LogP contribution is -2.25. The summed E-state index contributed by atoms with van der Waals surface area (Å²) in [5, 5.41) is 18.4. The Kier molecular flexibility index (Phi) is 8.54. The summed E-state index contributed by atoms with van der Waals surface area (Å²) in [6, 6.07) is 5.90. The summed E-state index contributed by atoms with van der Waals surface area (Å²) < 4.78 is 32.5. The van der Waals surface area contributed by atoms with Gasteiger partial charge in [0.05, 0.1) is 18.9 Å². The highest BCUT2D eigenvalue weighted by Gasteiger charge is 2.19. The predicted molar refractivity (Wildman–Crippen MR) is 126 cm³/mol. The number of β-amino-alcohol motifs (C(OH)–C–C–N with tert-alkyl or cyclic N) is 1. The van der Waals surface area contributed by atoms with Crippen molar-refractivity contribution < 1.29 is 23.4 Å². The standard InChI is InChI=1S/C19H19F2N3O2S.C4H9NO/c1-10-4-5-12-16(22-2)17(27-19(12)24-10)18(25)23-7-6-11-8-14(21)15(26-3)9-13(11)20;6-4-1-2-5-3-4/h4-5,8-9,22H,6-7H2,1-3H3,(H,23,25);4-6H,1-3H2. The Hall–Kier alpha value is -2.82. The number of pyridine rings is 1. The van der Waals surface area contributed by atoms with E-state index in [2.05, 4.69) is 20.9 Å². The zero-order chi connectivity index (χ0) is 24.0. The lowest BCUT2D eigenvalue weighted by Gasteiger charge is -2.09. The van der Waals surface area contributed by atoms with Crippen molar-refractivity contribution in [3.8, 4) is 5.75 Å². The third kappa shape index (κ3) is 6.16. The minimum Gasteiger partial charge on any atom is -0.494 e. The van der Waals surface area contributed by atoms with E-state index in [4.69, 9.17) is 9.84 Å². The first-order chi connectivity index (χ1) is 15.8. The van der Waals surface area contributed by atoms with Crippen molar-refractivity contribution in [1.82, 2.24) is 15.6 Å². The summed E-state index contributed by atoms with van der Waals surface area (Å²) in [4.78, 5) is 18.3. The van der Waals surface area contributed by atoms with Gasteiger partial charge in [0.25, 0.3) is 5.91 Å². The molecule has 178 valence electrons. The number of aliphatic hydroxyl groups excluding tert-OH is 1. The molecule has 10 heteroatoms. The molecule has 3 heterocycles. The maximum absolute atomic E-state index is 14.0. The summed E-state index contributed by atoms with van der Waals surface area (Å²) in [6.45, 7) is 3.84. The highest BCUT2D eigenvalue weighted by molar-refractivity contribution is 7.21. The van der Waals surface area contributed by atoms with Gasteiger partial charge in [-0.2, -0.15) is 0 Å². The number of benzene rings is 1. The van der Waals surface area contributed by atoms with Crippen LogP contribution in [0.2, 0.25) is 0 Å². The average Bonchev–Trinajstić information content (AvgIpc) is 3.42. The topological polar surface area (TPSA) is 95.5 Å². The SMILES string of the molecule is CNc1c(C(=O)NCCc2cc(F)c(OC)cc2F)sc2nc(C)ccc12.OC1CCNC1. The number of ether oxygens (including phenoxy) is 1. The van der Waals surface area contributed by atoms with Gasteiger partial charge in [-0.3, -0.25) is 4.79 Å². The number of methoxy groups -OCH3 is 1. The lowest BCUT2D eigenvalue weighted by atomic mass is 10.1. The number of anilines is 1. The predicted octanol–water partition coefficient (Wildman–Crippen LogP) is 3.25. The number of nitrogens with zero attached hydrogens (tertiary/aromatic N) is 1. The van der Waals surface area contributed by atoms with E-state index >= 15 is 0 Å². The Bertz CT molecular complexity index is 1120. The van der Waals surface area contributed by atoms with Crippen LogP contribution in [-0.4, -0.2) is 55.9 Å². The van der Waals surface area contributed by atoms with E-state index in [1.165, 1.54) is 18.4 Å². The summed E-state index contributed by atoms with van der Waals surface area (Å²) in [7, 11) is 3.02. The first kappa shape index (κ1) is 24.8. The Morgan fingerprint density at radius 1 is 1.33 bits per heavy atom. The third-order valence-corrected chi connectivity index (χ3v) is 6.28. The number of halogens is 2. The molecule has 7 nitrogen and oxygen atoms in total. The van der Waals surface area contributed by atoms with Crippen molar-refractivity contribution in [2.24, 2.45) is 0 Å². The molecule has 4 rings (SSSR count). The molecular formula is C23H28F2N4O3S. The highest BCUT2D eigenvalue weighted by Crippen LogP contribution is 2.34. The van der Waals surface area contributed by atoms with Gasteiger partial charge in [0.1, 0.15) is 15.5 Å². The van der Waals surface area contributed by atoms with Gasteiger partial charge in [0.2, 0.25) is 0 Å². The molecule has 1 aliphatic heterocycles. The second-order valence-corrected chi connectivity index (χ2v) is 8.59. The number of carbonyl (C=O) groups is 1. The number of amides is 1. The number of aromatic nitrogens is 1. The minimum absolute atomic E-state index is 0.0648. The quantitative estimate of drug-likeness (QED) is 0.435. The van der Waals surface area contributed by atoms with Crippen molar-refractivity contribution in [2.45, 2.75) is 25.9 Å². The average molecular weight is 479 g/mol. The summed E-state index contributed by atoms with van der Waals surface area (Å²) in [5.41, 5.74) is 1.76. The number of rotatable bonds is 6. The molecule has 0 saturated carbocycles. The number of hydrogen-bond donors (Lipinski definition) is 4. The second kappa shape index (κ2) is 11.4. The van der Waals surface area contributed by atoms with Crippen molar-refractivity contribution >= 4 is 33.1 Å². The second-order valence-electron chi connectivity index (χ2n) is 7.59. The van der Waals surface area contributed by atoms with Crippen LogP contribution < -0.4 is 20.7 Å². The number of thiophene rings is 1. The van der Waals surface area contributed by atoms with Crippen LogP contribution in [0.5, 0.6) is 5.75 Å². The molecule has 4 N–H and O–H groups in total. The molecule has 33 heavy (non-hydrogen) atoms. The Balaban J connectivity index is 0.000000442. The van der Waals surface area contributed by atoms with Crippen molar-refractivity contribution in [3.05, 3.63) is 52.0 Å². The van der Waals surface area contributed by atoms with Crippen LogP contribution in [0.3, 0.4) is 0 Å². The molecular weight excluding hydrogens is 450 g/mol. The lowest BCUT2D eigenvalue weighted by molar-refractivity contribution is 0.0959. The van der Waals surface area contributed by atoms with Crippen LogP contribution >= 0.6 is 11.3 Å². The molecule has 1 aromatic carbocycles. The first-order valence-electron chi connectivity index (χ1n) is 10.6. The molecule has 0 aliphatic carbocycles. The van der Waals surface area contributed by atoms with Gasteiger partial charge in [0, 0.05) is 37.3 Å². The summed E-state index contributed by atoms with van der Waals surface area (Å²) in [5.74, 6) is -1.63. The molecule has 0 spiro atoms. The molecule has 1 saturated heterocycles. The van der Waals surface area contributed by atoms with Crippen molar-refractivity contribution in [1.29, 1.82) is 0 Å². The Morgan fingerprint density at radius 2 is 2.12 bits per heavy atom. The molecule has 0 bridgehead atoms. The first-order valence-corrected chi connectivity index (χ1v) is 11.4. The molecule has 1 atom stereocenters. The fourth-order valence-electron chi connectivity index (χ4n) is 3.43. The van der Waals surface area contributed by atoms with Crippen LogP contribution in [0, 0.1) is 18.6 Å². The van der Waals surface area contributed by atoms with E-state index in [1.807, 2.05) is 19.1 Å². The maximum atomic E-state index is 14.0. The molecule has 3 aromatic rings. The van der Waals surface area contributed by atoms with E-state index < -0.39 is 11.6 Å². The molecule has 1 unspecified atom stereocenters. The van der Waals surface area contributed by atoms with Gasteiger partial charge >= 0.3 is 0 Å². The van der Waals surface area contributed by atoms with Gasteiger partial charge in [-0.15, -0.1) is 11.3 Å². The van der Waals surface area contributed by atoms with Crippen LogP contribution in [-0.2, 0) is 6.42 Å². The van der Waals surface area contributed by atoms with Crippen LogP contribution in [0.1, 0.15) is 27.3 Å². The van der Waals surface area contributed by atoms with Crippen LogP contribution in [0.25, 0.3) is 10.2 Å². The fourth-order valence-corrected chi connectivity index (χ4v) is 4.57. The third-order valence-electron chi connectivity index (χ3n) is 5.19. The van der Waals surface area contributed by atoms with E-state index in [9.17, 15) is 13.6 Å². The van der Waals surface area contributed by atoms with E-state index in [1.54, 1.807) is 7.05 Å². The number of nitrogens with one attached hydrogen (secondary N) is 3. The Morgan fingerprint density at radius 3 is 2.73 bits per heavy atom. The van der Waals surface area contributed by atoms with E-state index in [-0.39, 0.29) is 36.3 Å². The molecule has 2 aromatic heterocycles. The van der Waals surface area contributed by atoms with Gasteiger partial charge in [-0.05, 0) is 50.1 Å². The monoisotopic (exact) mass is 478 g/mol.